The molecule has 3 heterocycles. The number of halogens is 7. The van der Waals surface area contributed by atoms with Gasteiger partial charge in [0.15, 0.2) is 12.0 Å². The van der Waals surface area contributed by atoms with E-state index < -0.39 is 52.3 Å². The number of piperazine rings is 1. The van der Waals surface area contributed by atoms with Crippen molar-refractivity contribution in [2.75, 3.05) is 39.3 Å². The molecule has 44 heavy (non-hydrogen) atoms. The lowest BCUT2D eigenvalue weighted by Crippen LogP contribution is -2.58. The van der Waals surface area contributed by atoms with E-state index >= 15 is 0 Å². The maximum Gasteiger partial charge on any atom is 0.416 e. The van der Waals surface area contributed by atoms with Gasteiger partial charge < -0.3 is 19.3 Å². The monoisotopic (exact) mass is 627 g/mol. The predicted molar refractivity (Wildman–Crippen MR) is 149 cm³/mol. The van der Waals surface area contributed by atoms with Crippen LogP contribution in [0, 0.1) is 16.9 Å². The van der Waals surface area contributed by atoms with E-state index in [1.165, 1.54) is 19.1 Å². The number of rotatable bonds is 7. The fourth-order valence-corrected chi connectivity index (χ4v) is 5.97. The van der Waals surface area contributed by atoms with Crippen molar-refractivity contribution in [3.8, 4) is 0 Å². The zero-order valence-electron chi connectivity index (χ0n) is 23.8. The van der Waals surface area contributed by atoms with E-state index in [2.05, 4.69) is 9.88 Å². The lowest BCUT2D eigenvalue weighted by molar-refractivity contribution is -0.210. The summed E-state index contributed by atoms with van der Waals surface area (Å²) in [6.07, 6.45) is -8.47. The van der Waals surface area contributed by atoms with Gasteiger partial charge in [0, 0.05) is 37.8 Å². The fraction of sp³-hybridized carbons (Fsp3) is 0.452. The van der Waals surface area contributed by atoms with Gasteiger partial charge in [0.2, 0.25) is 0 Å². The minimum atomic E-state index is -5.00. The maximum absolute atomic E-state index is 13.8. The van der Waals surface area contributed by atoms with Crippen LogP contribution >= 0.6 is 0 Å². The van der Waals surface area contributed by atoms with Crippen LogP contribution in [-0.2, 0) is 21.8 Å². The van der Waals surface area contributed by atoms with Crippen LogP contribution in [0.5, 0.6) is 0 Å². The highest BCUT2D eigenvalue weighted by Gasteiger charge is 2.41. The molecule has 0 spiro atoms. The molecule has 1 aromatic heterocycles. The average Bonchev–Trinajstić information content (AvgIpc) is 2.98. The molecule has 0 radical (unpaired) electrons. The van der Waals surface area contributed by atoms with Crippen molar-refractivity contribution in [2.24, 2.45) is 5.92 Å². The van der Waals surface area contributed by atoms with Gasteiger partial charge in [-0.25, -0.2) is 4.39 Å². The van der Waals surface area contributed by atoms with Crippen LogP contribution < -0.4 is 4.65 Å². The molecule has 4 atom stereocenters. The van der Waals surface area contributed by atoms with Crippen molar-refractivity contribution in [1.29, 1.82) is 0 Å². The highest BCUT2D eigenvalue weighted by Crippen LogP contribution is 2.42. The third-order valence-electron chi connectivity index (χ3n) is 8.41. The van der Waals surface area contributed by atoms with E-state index in [0.29, 0.717) is 62.5 Å². The molecule has 13 heteroatoms. The Morgan fingerprint density at radius 2 is 1.64 bits per heavy atom. The summed E-state index contributed by atoms with van der Waals surface area (Å²) in [5.74, 6) is -1.09. The molecule has 3 aromatic rings. The first-order valence-electron chi connectivity index (χ1n) is 14.3. The molecule has 2 aliphatic rings. The van der Waals surface area contributed by atoms with E-state index in [1.54, 1.807) is 36.7 Å². The highest BCUT2D eigenvalue weighted by molar-refractivity contribution is 5.41. The van der Waals surface area contributed by atoms with Gasteiger partial charge in [0.05, 0.1) is 43.1 Å². The number of hydroxylamine groups is 2. The molecule has 0 aliphatic carbocycles. The molecule has 0 bridgehead atoms. The number of hydrogen-bond donors (Lipinski definition) is 0. The molecule has 0 amide bonds. The van der Waals surface area contributed by atoms with Crippen LogP contribution in [0.3, 0.4) is 0 Å². The van der Waals surface area contributed by atoms with E-state index in [4.69, 9.17) is 9.47 Å². The van der Waals surface area contributed by atoms with Crippen LogP contribution in [0.1, 0.15) is 47.6 Å². The topological polar surface area (TPSA) is 57.7 Å². The van der Waals surface area contributed by atoms with Gasteiger partial charge in [0.1, 0.15) is 5.82 Å². The quantitative estimate of drug-likeness (QED) is 0.156. The van der Waals surface area contributed by atoms with Crippen molar-refractivity contribution in [2.45, 2.75) is 44.0 Å². The molecule has 6 nitrogen and oxygen atoms in total. The first-order valence-corrected chi connectivity index (χ1v) is 14.3. The van der Waals surface area contributed by atoms with Gasteiger partial charge >= 0.3 is 12.4 Å². The number of aromatic nitrogens is 1. The van der Waals surface area contributed by atoms with Gasteiger partial charge in [-0.05, 0) is 66.8 Å². The van der Waals surface area contributed by atoms with E-state index in [9.17, 15) is 35.9 Å². The summed E-state index contributed by atoms with van der Waals surface area (Å²) >= 11 is 0. The maximum atomic E-state index is 13.8. The molecular weight excluding hydrogens is 595 g/mol. The van der Waals surface area contributed by atoms with Crippen molar-refractivity contribution >= 4 is 5.69 Å². The third-order valence-corrected chi connectivity index (χ3v) is 8.41. The standard InChI is InChI=1S/C31H32F7N3O3/c1-20(23-15-24(30(33,34)35)17-25(16-23)31(36,37)38)44-29-28(21-4-6-26(32)7-5-21)22(8-14-43-29)19-40-10-12-41(42,13-11-40)27-3-2-9-39-18-27/h2-7,9,15-18,20,22,28-29H,8,10-14,19H2,1H3/t20-,22+,28+,29-/m1/s1. The molecule has 2 fully saturated rings. The Morgan fingerprint density at radius 3 is 2.20 bits per heavy atom. The summed E-state index contributed by atoms with van der Waals surface area (Å²) in [7, 11) is 0. The van der Waals surface area contributed by atoms with E-state index in [0.717, 1.165) is 0 Å². The Morgan fingerprint density at radius 1 is 1.00 bits per heavy atom. The van der Waals surface area contributed by atoms with Gasteiger partial charge in [0.25, 0.3) is 0 Å². The minimum Gasteiger partial charge on any atom is -0.627 e. The first-order chi connectivity index (χ1) is 20.7. The van der Waals surface area contributed by atoms with E-state index in [-0.39, 0.29) is 24.2 Å². The predicted octanol–water partition coefficient (Wildman–Crippen LogP) is 7.30. The largest absolute Gasteiger partial charge is 0.627 e. The van der Waals surface area contributed by atoms with Crippen molar-refractivity contribution in [3.05, 3.63) is 100 Å². The van der Waals surface area contributed by atoms with Gasteiger partial charge in [-0.2, -0.15) is 26.3 Å². The number of ether oxygens (including phenoxy) is 2. The van der Waals surface area contributed by atoms with Gasteiger partial charge in [-0.3, -0.25) is 9.88 Å². The Balaban J connectivity index is 1.37. The number of alkyl halides is 6. The minimum absolute atomic E-state index is 0.0763. The lowest BCUT2D eigenvalue weighted by Gasteiger charge is -2.49. The molecule has 0 saturated carbocycles. The molecule has 0 unspecified atom stereocenters. The van der Waals surface area contributed by atoms with Crippen molar-refractivity contribution in [3.63, 3.8) is 0 Å². The second-order valence-electron chi connectivity index (χ2n) is 11.3. The highest BCUT2D eigenvalue weighted by atomic mass is 19.4. The molecule has 2 aliphatic heterocycles. The van der Waals surface area contributed by atoms with Crippen molar-refractivity contribution < 1.29 is 40.2 Å². The number of quaternary nitrogens is 1. The average molecular weight is 628 g/mol. The number of nitrogens with zero attached hydrogens (tertiary/aromatic N) is 3. The van der Waals surface area contributed by atoms with Crippen LogP contribution in [0.25, 0.3) is 0 Å². The Bertz CT molecular complexity index is 1360. The summed E-state index contributed by atoms with van der Waals surface area (Å²) in [5.41, 5.74) is -1.92. The first kappa shape index (κ1) is 32.3. The SMILES string of the molecule is C[C@@H](O[C@H]1OCC[C@@H](CN2CC[N+]([O-])(c3cccnc3)CC2)[C@@H]1c1ccc(F)cc1)c1cc(C(F)(F)F)cc(C(F)(F)F)c1. The smallest absolute Gasteiger partial charge is 0.416 e. The van der Waals surface area contributed by atoms with Crippen molar-refractivity contribution in [1.82, 2.24) is 14.5 Å². The van der Waals surface area contributed by atoms with Crippen LogP contribution in [0.4, 0.5) is 36.4 Å². The van der Waals surface area contributed by atoms with Crippen LogP contribution in [0.15, 0.2) is 67.0 Å². The Kier molecular flexibility index (Phi) is 9.34. The summed E-state index contributed by atoms with van der Waals surface area (Å²) < 4.78 is 106. The number of benzene rings is 2. The summed E-state index contributed by atoms with van der Waals surface area (Å²) in [6, 6.07) is 10.6. The molecule has 238 valence electrons. The van der Waals surface area contributed by atoms with Crippen LogP contribution in [-0.4, -0.2) is 55.5 Å². The van der Waals surface area contributed by atoms with Gasteiger partial charge in [-0.15, -0.1) is 0 Å². The van der Waals surface area contributed by atoms with Crippen LogP contribution in [0.2, 0.25) is 0 Å². The second-order valence-corrected chi connectivity index (χ2v) is 11.3. The molecular formula is C31H32F7N3O3. The Hall–Kier alpha value is -3.10. The second kappa shape index (κ2) is 12.7. The van der Waals surface area contributed by atoms with E-state index in [1.807, 2.05) is 0 Å². The summed E-state index contributed by atoms with van der Waals surface area (Å²) in [4.78, 5) is 6.21. The zero-order chi connectivity index (χ0) is 31.7. The Labute approximate surface area is 250 Å². The summed E-state index contributed by atoms with van der Waals surface area (Å²) in [5, 5.41) is 13.4. The fourth-order valence-electron chi connectivity index (χ4n) is 5.97. The normalized spacial score (nSPS) is 23.8. The third kappa shape index (κ3) is 7.40. The molecule has 0 N–H and O–H groups in total. The lowest BCUT2D eigenvalue weighted by atomic mass is 9.81. The number of hydrogen-bond acceptors (Lipinski definition) is 5. The molecule has 2 saturated heterocycles. The van der Waals surface area contributed by atoms with Gasteiger partial charge in [-0.1, -0.05) is 12.1 Å². The molecule has 2 aromatic carbocycles. The molecule has 5 rings (SSSR count). The number of pyridine rings is 1. The summed E-state index contributed by atoms with van der Waals surface area (Å²) in [6.45, 7) is 3.76. The zero-order valence-corrected chi connectivity index (χ0v) is 23.8.